The Morgan fingerprint density at radius 2 is 2.06 bits per heavy atom. The smallest absolute Gasteiger partial charge is 0.172 e. The first-order chi connectivity index (χ1) is 8.56. The van der Waals surface area contributed by atoms with Crippen molar-refractivity contribution < 1.29 is 0 Å². The Morgan fingerprint density at radius 3 is 2.61 bits per heavy atom. The number of hydrogen-bond acceptors (Lipinski definition) is 4. The fourth-order valence-electron chi connectivity index (χ4n) is 1.68. The van der Waals surface area contributed by atoms with E-state index in [2.05, 4.69) is 41.8 Å². The van der Waals surface area contributed by atoms with E-state index in [1.54, 1.807) is 0 Å². The molecule has 0 spiro atoms. The van der Waals surface area contributed by atoms with Gasteiger partial charge < -0.3 is 5.73 Å². The number of halogens is 3. The van der Waals surface area contributed by atoms with Crippen LogP contribution >= 0.6 is 54.8 Å². The van der Waals surface area contributed by atoms with Crippen LogP contribution in [-0.2, 0) is 0 Å². The number of nitrogens with zero attached hydrogens (tertiary/aromatic N) is 2. The lowest BCUT2D eigenvalue weighted by Crippen LogP contribution is -2.01. The number of nitrogens with two attached hydrogens (primary N) is 1. The Kier molecular flexibility index (Phi) is 3.38. The van der Waals surface area contributed by atoms with Gasteiger partial charge in [-0.2, -0.15) is 0 Å². The minimum atomic E-state index is 0.488. The lowest BCUT2D eigenvalue weighted by atomic mass is 10.2. The van der Waals surface area contributed by atoms with Gasteiger partial charge in [-0.25, -0.2) is 9.97 Å². The highest BCUT2D eigenvalue weighted by atomic mass is 79.9. The van der Waals surface area contributed by atoms with Crippen LogP contribution in [0.5, 0.6) is 0 Å². The van der Waals surface area contributed by atoms with E-state index in [0.29, 0.717) is 21.9 Å². The Hall–Kier alpha value is -0.170. The summed E-state index contributed by atoms with van der Waals surface area (Å²) >= 11 is 14.3. The van der Waals surface area contributed by atoms with Gasteiger partial charge >= 0.3 is 0 Å². The Balaban J connectivity index is 2.12. The summed E-state index contributed by atoms with van der Waals surface area (Å²) in [4.78, 5) is 9.86. The predicted molar refractivity (Wildman–Crippen MR) is 82.1 cm³/mol. The Labute approximate surface area is 130 Å². The van der Waals surface area contributed by atoms with Crippen molar-refractivity contribution in [3.63, 3.8) is 0 Å². The van der Waals surface area contributed by atoms with Crippen molar-refractivity contribution in [3.8, 4) is 10.7 Å². The average molecular weight is 410 g/mol. The fourth-order valence-corrected chi connectivity index (χ4v) is 3.81. The third-order valence-corrected chi connectivity index (χ3v) is 6.02. The molecule has 1 saturated carbocycles. The van der Waals surface area contributed by atoms with Crippen LogP contribution in [0.25, 0.3) is 10.7 Å². The maximum Gasteiger partial charge on any atom is 0.172 e. The van der Waals surface area contributed by atoms with Crippen LogP contribution < -0.4 is 5.73 Å². The van der Waals surface area contributed by atoms with Gasteiger partial charge in [0.05, 0.1) is 15.0 Å². The van der Waals surface area contributed by atoms with Gasteiger partial charge in [-0.15, -0.1) is 11.3 Å². The van der Waals surface area contributed by atoms with Gasteiger partial charge in [0.1, 0.15) is 10.2 Å². The molecule has 1 fully saturated rings. The highest BCUT2D eigenvalue weighted by Crippen LogP contribution is 2.45. The summed E-state index contributed by atoms with van der Waals surface area (Å²) in [6.45, 7) is 0. The van der Waals surface area contributed by atoms with Crippen LogP contribution in [0.1, 0.15) is 24.5 Å². The average Bonchev–Trinajstić information content (AvgIpc) is 3.10. The molecule has 1 aliphatic carbocycles. The summed E-state index contributed by atoms with van der Waals surface area (Å²) in [6, 6.07) is 1.92. The number of rotatable bonds is 2. The predicted octanol–water partition coefficient (Wildman–Crippen LogP) is 4.84. The third kappa shape index (κ3) is 2.31. The standard InChI is InChI=1S/C11H8Br2ClN3S/c12-5-3-6(18-9(5)14)11-16-8(4-1-2-4)7(13)10(15)17-11/h3-4H,1-2H2,(H2,15,16,17). The van der Waals surface area contributed by atoms with E-state index in [4.69, 9.17) is 17.3 Å². The molecule has 0 bridgehead atoms. The molecule has 0 unspecified atom stereocenters. The summed E-state index contributed by atoms with van der Waals surface area (Å²) in [5.41, 5.74) is 6.94. The molecule has 0 radical (unpaired) electrons. The molecule has 0 amide bonds. The van der Waals surface area contributed by atoms with Crippen LogP contribution in [0.2, 0.25) is 4.34 Å². The molecular formula is C11H8Br2ClN3S. The van der Waals surface area contributed by atoms with E-state index in [1.165, 1.54) is 24.2 Å². The van der Waals surface area contributed by atoms with Crippen LogP contribution in [0, 0.1) is 0 Å². The lowest BCUT2D eigenvalue weighted by molar-refractivity contribution is 0.986. The second-order valence-corrected chi connectivity index (χ2v) is 7.44. The quantitative estimate of drug-likeness (QED) is 0.772. The SMILES string of the molecule is Nc1nc(-c2cc(Br)c(Cl)s2)nc(C2CC2)c1Br. The van der Waals surface area contributed by atoms with Crippen molar-refractivity contribution in [1.29, 1.82) is 0 Å². The van der Waals surface area contributed by atoms with Crippen molar-refractivity contribution in [2.75, 3.05) is 5.73 Å². The van der Waals surface area contributed by atoms with Gasteiger partial charge in [0.15, 0.2) is 5.82 Å². The number of anilines is 1. The van der Waals surface area contributed by atoms with E-state index >= 15 is 0 Å². The molecule has 94 valence electrons. The second-order valence-electron chi connectivity index (χ2n) is 4.14. The van der Waals surface area contributed by atoms with Gasteiger partial charge in [-0.3, -0.25) is 0 Å². The molecule has 0 saturated heterocycles. The van der Waals surface area contributed by atoms with E-state index < -0.39 is 0 Å². The molecule has 0 aromatic carbocycles. The zero-order chi connectivity index (χ0) is 12.9. The summed E-state index contributed by atoms with van der Waals surface area (Å²) < 4.78 is 2.39. The van der Waals surface area contributed by atoms with Gasteiger partial charge in [-0.05, 0) is 50.8 Å². The van der Waals surface area contributed by atoms with Crippen molar-refractivity contribution in [2.24, 2.45) is 0 Å². The summed E-state index contributed by atoms with van der Waals surface area (Å²) in [6.07, 6.45) is 2.34. The number of aromatic nitrogens is 2. The molecule has 3 rings (SSSR count). The highest BCUT2D eigenvalue weighted by molar-refractivity contribution is 9.11. The largest absolute Gasteiger partial charge is 0.383 e. The van der Waals surface area contributed by atoms with E-state index in [-0.39, 0.29) is 0 Å². The highest BCUT2D eigenvalue weighted by Gasteiger charge is 2.29. The zero-order valence-electron chi connectivity index (χ0n) is 9.08. The van der Waals surface area contributed by atoms with Crippen molar-refractivity contribution in [3.05, 3.63) is 25.0 Å². The second kappa shape index (κ2) is 4.74. The number of nitrogen functional groups attached to an aromatic ring is 1. The molecule has 1 aliphatic rings. The number of hydrogen-bond donors (Lipinski definition) is 1. The van der Waals surface area contributed by atoms with E-state index in [1.807, 2.05) is 6.07 Å². The monoisotopic (exact) mass is 407 g/mol. The molecule has 2 N–H and O–H groups in total. The van der Waals surface area contributed by atoms with Gasteiger partial charge in [0, 0.05) is 10.4 Å². The van der Waals surface area contributed by atoms with Crippen LogP contribution in [0.3, 0.4) is 0 Å². The number of thiophene rings is 1. The van der Waals surface area contributed by atoms with Crippen LogP contribution in [-0.4, -0.2) is 9.97 Å². The summed E-state index contributed by atoms with van der Waals surface area (Å²) in [7, 11) is 0. The first-order valence-corrected chi connectivity index (χ1v) is 8.12. The molecule has 2 heterocycles. The molecule has 3 nitrogen and oxygen atoms in total. The van der Waals surface area contributed by atoms with E-state index in [9.17, 15) is 0 Å². The molecule has 0 aliphatic heterocycles. The Morgan fingerprint density at radius 1 is 1.33 bits per heavy atom. The first kappa shape index (κ1) is 12.8. The zero-order valence-corrected chi connectivity index (χ0v) is 13.8. The molecule has 0 atom stereocenters. The first-order valence-electron chi connectivity index (χ1n) is 5.34. The van der Waals surface area contributed by atoms with Gasteiger partial charge in [0.25, 0.3) is 0 Å². The Bertz CT molecular complexity index is 605. The van der Waals surface area contributed by atoms with Gasteiger partial charge in [0.2, 0.25) is 0 Å². The molecule has 2 aromatic heterocycles. The van der Waals surface area contributed by atoms with Crippen molar-refractivity contribution >= 4 is 60.6 Å². The summed E-state index contributed by atoms with van der Waals surface area (Å²) in [5.74, 6) is 1.65. The van der Waals surface area contributed by atoms with E-state index in [0.717, 1.165) is 19.5 Å². The van der Waals surface area contributed by atoms with Crippen molar-refractivity contribution in [1.82, 2.24) is 9.97 Å². The molecule has 18 heavy (non-hydrogen) atoms. The normalized spacial score (nSPS) is 15.1. The van der Waals surface area contributed by atoms with Gasteiger partial charge in [-0.1, -0.05) is 11.6 Å². The fraction of sp³-hybridized carbons (Fsp3) is 0.273. The maximum atomic E-state index is 6.04. The van der Waals surface area contributed by atoms with Crippen LogP contribution in [0.15, 0.2) is 15.0 Å². The molecule has 7 heteroatoms. The molecular weight excluding hydrogens is 401 g/mol. The lowest BCUT2D eigenvalue weighted by Gasteiger charge is -2.06. The minimum Gasteiger partial charge on any atom is -0.383 e. The molecule has 2 aromatic rings. The topological polar surface area (TPSA) is 51.8 Å². The maximum absolute atomic E-state index is 6.04. The van der Waals surface area contributed by atoms with Crippen LogP contribution in [0.4, 0.5) is 5.82 Å². The van der Waals surface area contributed by atoms with Crippen molar-refractivity contribution in [2.45, 2.75) is 18.8 Å². The third-order valence-electron chi connectivity index (χ3n) is 2.73. The summed E-state index contributed by atoms with van der Waals surface area (Å²) in [5, 5.41) is 0. The minimum absolute atomic E-state index is 0.488.